The van der Waals surface area contributed by atoms with Crippen LogP contribution in [0.5, 0.6) is 0 Å². The first-order valence-electron chi connectivity index (χ1n) is 9.17. The molecule has 1 nitrogen and oxygen atoms in total. The summed E-state index contributed by atoms with van der Waals surface area (Å²) < 4.78 is 1.42. The van der Waals surface area contributed by atoms with Crippen LogP contribution < -0.4 is 4.46 Å². The topological polar surface area (TPSA) is 17.1 Å². The van der Waals surface area contributed by atoms with Crippen LogP contribution in [0.4, 0.5) is 0 Å². The first-order valence-corrected chi connectivity index (χ1v) is 11.4. The molecule has 1 aromatic carbocycles. The SMILES string of the molecule is C[C@@H]1C(=O)[C@H]2[C@H](C(C)(C)Cl)CC[C@]2(C)CC[C@H]1[Se]c1ccccc1. The summed E-state index contributed by atoms with van der Waals surface area (Å²) >= 11 is 7.08. The van der Waals surface area contributed by atoms with Gasteiger partial charge in [-0.05, 0) is 0 Å². The molecule has 0 heterocycles. The molecule has 0 amide bonds. The molecule has 2 aliphatic carbocycles. The van der Waals surface area contributed by atoms with Crippen molar-refractivity contribution >= 4 is 36.8 Å². The summed E-state index contributed by atoms with van der Waals surface area (Å²) in [6, 6.07) is 10.7. The van der Waals surface area contributed by atoms with Gasteiger partial charge in [0.25, 0.3) is 0 Å². The van der Waals surface area contributed by atoms with Crippen molar-refractivity contribution in [1.82, 2.24) is 0 Å². The number of benzene rings is 1. The molecule has 132 valence electrons. The van der Waals surface area contributed by atoms with Gasteiger partial charge in [0, 0.05) is 0 Å². The van der Waals surface area contributed by atoms with E-state index in [4.69, 9.17) is 11.6 Å². The summed E-state index contributed by atoms with van der Waals surface area (Å²) in [4.78, 5) is 13.7. The van der Waals surface area contributed by atoms with Gasteiger partial charge in [-0.2, -0.15) is 0 Å². The van der Waals surface area contributed by atoms with E-state index < -0.39 is 0 Å². The second kappa shape index (κ2) is 6.78. The summed E-state index contributed by atoms with van der Waals surface area (Å²) in [5.74, 6) is 1.13. The van der Waals surface area contributed by atoms with E-state index in [2.05, 4.69) is 58.0 Å². The Kier molecular flexibility index (Phi) is 5.22. The fourth-order valence-electron chi connectivity index (χ4n) is 4.88. The molecule has 0 radical (unpaired) electrons. The van der Waals surface area contributed by atoms with E-state index in [1.54, 1.807) is 0 Å². The summed E-state index contributed by atoms with van der Waals surface area (Å²) in [6.07, 6.45) is 4.62. The molecule has 5 atom stereocenters. The average Bonchev–Trinajstić information content (AvgIpc) is 2.85. The van der Waals surface area contributed by atoms with Crippen LogP contribution in [0.15, 0.2) is 30.3 Å². The van der Waals surface area contributed by atoms with Crippen LogP contribution in [0.1, 0.15) is 53.4 Å². The third-order valence-corrected chi connectivity index (χ3v) is 9.81. The Morgan fingerprint density at radius 3 is 2.42 bits per heavy atom. The zero-order valence-corrected chi connectivity index (χ0v) is 17.7. The molecular formula is C21H29ClOSe. The van der Waals surface area contributed by atoms with Gasteiger partial charge in [0.2, 0.25) is 0 Å². The van der Waals surface area contributed by atoms with Crippen molar-refractivity contribution < 1.29 is 4.79 Å². The van der Waals surface area contributed by atoms with Crippen molar-refractivity contribution in [2.45, 2.75) is 63.1 Å². The van der Waals surface area contributed by atoms with Gasteiger partial charge in [0.15, 0.2) is 0 Å². The molecule has 0 N–H and O–H groups in total. The van der Waals surface area contributed by atoms with Crippen LogP contribution in [-0.4, -0.2) is 25.6 Å². The molecule has 0 saturated heterocycles. The fraction of sp³-hybridized carbons (Fsp3) is 0.667. The van der Waals surface area contributed by atoms with Crippen molar-refractivity contribution in [3.05, 3.63) is 30.3 Å². The molecule has 0 unspecified atom stereocenters. The van der Waals surface area contributed by atoms with E-state index in [1.807, 2.05) is 0 Å². The fourth-order valence-corrected chi connectivity index (χ4v) is 7.71. The van der Waals surface area contributed by atoms with Gasteiger partial charge in [0.1, 0.15) is 0 Å². The summed E-state index contributed by atoms with van der Waals surface area (Å²) in [7, 11) is 0. The molecular weight excluding hydrogens is 383 g/mol. The molecule has 0 bridgehead atoms. The number of rotatable bonds is 3. The van der Waals surface area contributed by atoms with Gasteiger partial charge in [0.05, 0.1) is 0 Å². The Hall–Kier alpha value is -0.301. The molecule has 3 rings (SSSR count). The number of fused-ring (bicyclic) bond motifs is 1. The summed E-state index contributed by atoms with van der Waals surface area (Å²) in [5, 5.41) is 0. The third-order valence-electron chi connectivity index (χ3n) is 6.41. The number of carbonyl (C=O) groups is 1. The Bertz CT molecular complexity index is 594. The van der Waals surface area contributed by atoms with Crippen molar-refractivity contribution in [2.75, 3.05) is 0 Å². The first-order chi connectivity index (χ1) is 11.2. The van der Waals surface area contributed by atoms with Crippen molar-refractivity contribution in [1.29, 1.82) is 0 Å². The average molecular weight is 412 g/mol. The van der Waals surface area contributed by atoms with E-state index in [0.717, 1.165) is 12.8 Å². The minimum absolute atomic E-state index is 0.150. The van der Waals surface area contributed by atoms with Gasteiger partial charge in [-0.3, -0.25) is 0 Å². The number of alkyl halides is 1. The van der Waals surface area contributed by atoms with Crippen LogP contribution in [0.3, 0.4) is 0 Å². The number of hydrogen-bond acceptors (Lipinski definition) is 1. The Balaban J connectivity index is 1.85. The van der Waals surface area contributed by atoms with Crippen LogP contribution in [0, 0.1) is 23.2 Å². The molecule has 1 aromatic rings. The number of halogens is 1. The quantitative estimate of drug-likeness (QED) is 0.513. The molecule has 24 heavy (non-hydrogen) atoms. The maximum atomic E-state index is 13.4. The molecule has 3 heteroatoms. The van der Waals surface area contributed by atoms with Crippen molar-refractivity contribution in [3.63, 3.8) is 0 Å². The molecule has 0 aromatic heterocycles. The van der Waals surface area contributed by atoms with Crippen molar-refractivity contribution in [2.24, 2.45) is 23.2 Å². The van der Waals surface area contributed by atoms with Crippen LogP contribution in [0.25, 0.3) is 0 Å². The third kappa shape index (κ3) is 3.48. The second-order valence-corrected chi connectivity index (χ2v) is 12.3. The first kappa shape index (κ1) is 18.5. The van der Waals surface area contributed by atoms with Gasteiger partial charge in [-0.15, -0.1) is 0 Å². The zero-order valence-electron chi connectivity index (χ0n) is 15.2. The number of carbonyl (C=O) groups excluding carboxylic acids is 1. The Labute approximate surface area is 158 Å². The normalized spacial score (nSPS) is 37.1. The maximum absolute atomic E-state index is 13.4. The van der Waals surface area contributed by atoms with Gasteiger partial charge in [-0.25, -0.2) is 0 Å². The van der Waals surface area contributed by atoms with Crippen LogP contribution in [-0.2, 0) is 4.79 Å². The molecule has 2 aliphatic rings. The Morgan fingerprint density at radius 2 is 1.79 bits per heavy atom. The zero-order chi connectivity index (χ0) is 17.5. The van der Waals surface area contributed by atoms with E-state index in [-0.39, 0.29) is 22.1 Å². The number of Topliss-reactive ketones (excluding diaryl/α,β-unsaturated/α-hetero) is 1. The standard InChI is InChI=1S/C21H29ClOSe/c1-14-17(24-15-8-6-5-7-9-15)11-13-21(4)12-10-16(20(2,3)22)18(21)19(14)23/h5-9,14,16-18H,10-13H2,1-4H3/t14-,16+,17+,18+,21+/m0/s1. The molecule has 2 fully saturated rings. The molecule has 2 saturated carbocycles. The van der Waals surface area contributed by atoms with Gasteiger partial charge in [-0.1, -0.05) is 0 Å². The summed E-state index contributed by atoms with van der Waals surface area (Å²) in [6.45, 7) is 8.72. The predicted octanol–water partition coefficient (Wildman–Crippen LogP) is 4.85. The van der Waals surface area contributed by atoms with E-state index in [0.29, 0.717) is 31.5 Å². The van der Waals surface area contributed by atoms with Crippen LogP contribution >= 0.6 is 11.6 Å². The molecule has 0 spiro atoms. The van der Waals surface area contributed by atoms with Gasteiger partial charge < -0.3 is 0 Å². The Morgan fingerprint density at radius 1 is 1.17 bits per heavy atom. The predicted molar refractivity (Wildman–Crippen MR) is 103 cm³/mol. The summed E-state index contributed by atoms with van der Waals surface area (Å²) in [5.41, 5.74) is 0.156. The number of hydrogen-bond donors (Lipinski definition) is 0. The van der Waals surface area contributed by atoms with E-state index in [9.17, 15) is 4.79 Å². The number of ketones is 1. The van der Waals surface area contributed by atoms with Crippen molar-refractivity contribution in [3.8, 4) is 0 Å². The minimum atomic E-state index is -0.289. The van der Waals surface area contributed by atoms with E-state index in [1.165, 1.54) is 17.3 Å². The van der Waals surface area contributed by atoms with E-state index >= 15 is 0 Å². The van der Waals surface area contributed by atoms with Gasteiger partial charge >= 0.3 is 158 Å². The molecule has 0 aliphatic heterocycles. The second-order valence-electron chi connectivity index (χ2n) is 8.54. The van der Waals surface area contributed by atoms with Crippen LogP contribution in [0.2, 0.25) is 4.82 Å². The monoisotopic (exact) mass is 412 g/mol.